The minimum atomic E-state index is 0.693. The maximum absolute atomic E-state index is 4.73. The number of nitrogens with one attached hydrogen (secondary N) is 1. The summed E-state index contributed by atoms with van der Waals surface area (Å²) in [7, 11) is 1.98. The van der Waals surface area contributed by atoms with Gasteiger partial charge in [0.15, 0.2) is 0 Å². The number of rotatable bonds is 6. The quantitative estimate of drug-likeness (QED) is 0.519. The van der Waals surface area contributed by atoms with Gasteiger partial charge in [0, 0.05) is 56.1 Å². The third kappa shape index (κ3) is 4.00. The standard InChI is InChI=1S/C24H28N6/c1-29-16-21(14-25-15-22-17-30-13-5-12-26-24(30)27-22)23(28-29)20-10-8-19(9-11-20)18-6-3-2-4-7-18/h5,8-13,16-18,25H,2-4,6-7,14-15H2,1H3. The highest BCUT2D eigenvalue weighted by Gasteiger charge is 2.16. The van der Waals surface area contributed by atoms with Gasteiger partial charge in [0.25, 0.3) is 0 Å². The molecule has 3 heterocycles. The molecule has 154 valence electrons. The Balaban J connectivity index is 1.27. The van der Waals surface area contributed by atoms with Crippen molar-refractivity contribution in [2.24, 2.45) is 7.05 Å². The van der Waals surface area contributed by atoms with E-state index in [1.54, 1.807) is 6.20 Å². The van der Waals surface area contributed by atoms with E-state index >= 15 is 0 Å². The summed E-state index contributed by atoms with van der Waals surface area (Å²) < 4.78 is 3.84. The van der Waals surface area contributed by atoms with Crippen LogP contribution < -0.4 is 5.32 Å². The van der Waals surface area contributed by atoms with Gasteiger partial charge >= 0.3 is 0 Å². The molecule has 1 aliphatic carbocycles. The van der Waals surface area contributed by atoms with Gasteiger partial charge in [0.1, 0.15) is 0 Å². The van der Waals surface area contributed by atoms with Crippen molar-refractivity contribution in [3.63, 3.8) is 0 Å². The number of aromatic nitrogens is 5. The maximum Gasteiger partial charge on any atom is 0.233 e. The fraction of sp³-hybridized carbons (Fsp3) is 0.375. The smallest absolute Gasteiger partial charge is 0.233 e. The lowest BCUT2D eigenvalue weighted by Crippen LogP contribution is -2.13. The highest BCUT2D eigenvalue weighted by Crippen LogP contribution is 2.33. The van der Waals surface area contributed by atoms with Gasteiger partial charge in [-0.05, 0) is 30.4 Å². The summed E-state index contributed by atoms with van der Waals surface area (Å²) >= 11 is 0. The lowest BCUT2D eigenvalue weighted by molar-refractivity contribution is 0.443. The minimum absolute atomic E-state index is 0.693. The Bertz CT molecular complexity index is 1090. The first-order chi connectivity index (χ1) is 14.8. The second-order valence-corrected chi connectivity index (χ2v) is 8.30. The van der Waals surface area contributed by atoms with Gasteiger partial charge in [-0.25, -0.2) is 9.97 Å². The van der Waals surface area contributed by atoms with Crippen LogP contribution in [0.4, 0.5) is 0 Å². The van der Waals surface area contributed by atoms with Crippen LogP contribution in [-0.4, -0.2) is 24.1 Å². The van der Waals surface area contributed by atoms with Crippen molar-refractivity contribution in [1.29, 1.82) is 0 Å². The number of nitrogens with zero attached hydrogens (tertiary/aromatic N) is 5. The first-order valence-corrected chi connectivity index (χ1v) is 10.9. The molecule has 1 fully saturated rings. The molecule has 6 nitrogen and oxygen atoms in total. The van der Waals surface area contributed by atoms with Crippen molar-refractivity contribution in [2.45, 2.75) is 51.1 Å². The Morgan fingerprint density at radius 1 is 1.03 bits per heavy atom. The first-order valence-electron chi connectivity index (χ1n) is 10.9. The topological polar surface area (TPSA) is 60.0 Å². The molecule has 1 N–H and O–H groups in total. The number of fused-ring (bicyclic) bond motifs is 1. The van der Waals surface area contributed by atoms with Gasteiger partial charge in [-0.15, -0.1) is 0 Å². The molecule has 1 saturated carbocycles. The number of imidazole rings is 1. The van der Waals surface area contributed by atoms with Crippen LogP contribution >= 0.6 is 0 Å². The molecule has 3 aromatic heterocycles. The number of hydrogen-bond acceptors (Lipinski definition) is 4. The van der Waals surface area contributed by atoms with Crippen LogP contribution in [0.1, 0.15) is 54.8 Å². The third-order valence-electron chi connectivity index (χ3n) is 6.07. The van der Waals surface area contributed by atoms with Gasteiger partial charge in [-0.3, -0.25) is 9.08 Å². The Kier molecular flexibility index (Phi) is 5.32. The minimum Gasteiger partial charge on any atom is -0.307 e. The lowest BCUT2D eigenvalue weighted by atomic mass is 9.84. The summed E-state index contributed by atoms with van der Waals surface area (Å²) in [5, 5.41) is 8.24. The van der Waals surface area contributed by atoms with Gasteiger partial charge < -0.3 is 5.32 Å². The zero-order valence-corrected chi connectivity index (χ0v) is 17.5. The molecule has 1 aromatic carbocycles. The van der Waals surface area contributed by atoms with E-state index in [4.69, 9.17) is 5.10 Å². The van der Waals surface area contributed by atoms with Gasteiger partial charge in [0.05, 0.1) is 11.4 Å². The molecule has 0 atom stereocenters. The molecule has 5 rings (SSSR count). The zero-order chi connectivity index (χ0) is 20.3. The molecule has 0 unspecified atom stereocenters. The molecule has 0 spiro atoms. The number of benzene rings is 1. The molecule has 1 aliphatic rings. The largest absolute Gasteiger partial charge is 0.307 e. The molecule has 30 heavy (non-hydrogen) atoms. The van der Waals surface area contributed by atoms with Crippen molar-refractivity contribution in [3.05, 3.63) is 71.9 Å². The Hall–Kier alpha value is -2.99. The van der Waals surface area contributed by atoms with E-state index in [9.17, 15) is 0 Å². The summed E-state index contributed by atoms with van der Waals surface area (Å²) in [4.78, 5) is 8.83. The predicted octanol–water partition coefficient (Wildman–Crippen LogP) is 4.47. The molecular weight excluding hydrogens is 372 g/mol. The van der Waals surface area contributed by atoms with Gasteiger partial charge in [-0.1, -0.05) is 43.5 Å². The van der Waals surface area contributed by atoms with Crippen molar-refractivity contribution in [2.75, 3.05) is 0 Å². The van der Waals surface area contributed by atoms with Crippen LogP contribution in [0.15, 0.2) is 55.1 Å². The van der Waals surface area contributed by atoms with Gasteiger partial charge in [-0.2, -0.15) is 5.10 Å². The molecule has 0 saturated heterocycles. The zero-order valence-electron chi connectivity index (χ0n) is 17.5. The van der Waals surface area contributed by atoms with E-state index in [1.165, 1.54) is 48.8 Å². The second-order valence-electron chi connectivity index (χ2n) is 8.30. The van der Waals surface area contributed by atoms with E-state index in [-0.39, 0.29) is 0 Å². The summed E-state index contributed by atoms with van der Waals surface area (Å²) in [5.41, 5.74) is 5.90. The van der Waals surface area contributed by atoms with Crippen LogP contribution in [0.25, 0.3) is 17.0 Å². The van der Waals surface area contributed by atoms with Crippen molar-refractivity contribution in [1.82, 2.24) is 29.5 Å². The van der Waals surface area contributed by atoms with E-state index in [0.29, 0.717) is 6.54 Å². The van der Waals surface area contributed by atoms with E-state index in [1.807, 2.05) is 34.6 Å². The van der Waals surface area contributed by atoms with E-state index in [0.717, 1.165) is 29.6 Å². The van der Waals surface area contributed by atoms with E-state index < -0.39 is 0 Å². The van der Waals surface area contributed by atoms with Crippen LogP contribution in [0.3, 0.4) is 0 Å². The molecule has 0 bridgehead atoms. The molecule has 0 aliphatic heterocycles. The van der Waals surface area contributed by atoms with Crippen molar-refractivity contribution in [3.8, 4) is 11.3 Å². The molecule has 6 heteroatoms. The summed E-state index contributed by atoms with van der Waals surface area (Å²) in [6, 6.07) is 11.0. The monoisotopic (exact) mass is 400 g/mol. The van der Waals surface area contributed by atoms with Crippen molar-refractivity contribution < 1.29 is 0 Å². The molecule has 0 amide bonds. The number of aryl methyl sites for hydroxylation is 1. The Labute approximate surface area is 177 Å². The Morgan fingerprint density at radius 2 is 1.87 bits per heavy atom. The van der Waals surface area contributed by atoms with Crippen molar-refractivity contribution >= 4 is 5.78 Å². The number of hydrogen-bond donors (Lipinski definition) is 1. The Morgan fingerprint density at radius 3 is 2.67 bits per heavy atom. The summed E-state index contributed by atoms with van der Waals surface area (Å²) in [5.74, 6) is 1.46. The average Bonchev–Trinajstić information content (AvgIpc) is 3.37. The molecule has 0 radical (unpaired) electrons. The predicted molar refractivity (Wildman–Crippen MR) is 118 cm³/mol. The highest BCUT2D eigenvalue weighted by molar-refractivity contribution is 5.63. The SMILES string of the molecule is Cn1cc(CNCc2cn3cccnc3n2)c(-c2ccc(C3CCCCC3)cc2)n1. The summed E-state index contributed by atoms with van der Waals surface area (Å²) in [6.07, 6.45) is 14.6. The molecule has 4 aromatic rings. The van der Waals surface area contributed by atoms with Crippen LogP contribution in [0, 0.1) is 0 Å². The maximum atomic E-state index is 4.73. The third-order valence-corrected chi connectivity index (χ3v) is 6.07. The molecular formula is C24H28N6. The normalized spacial score (nSPS) is 15.1. The summed E-state index contributed by atoms with van der Waals surface area (Å²) in [6.45, 7) is 1.44. The average molecular weight is 401 g/mol. The fourth-order valence-corrected chi connectivity index (χ4v) is 4.55. The van der Waals surface area contributed by atoms with Crippen LogP contribution in [-0.2, 0) is 20.1 Å². The first kappa shape index (κ1) is 19.0. The highest BCUT2D eigenvalue weighted by atomic mass is 15.3. The van der Waals surface area contributed by atoms with Crippen LogP contribution in [0.5, 0.6) is 0 Å². The van der Waals surface area contributed by atoms with Crippen LogP contribution in [0.2, 0.25) is 0 Å². The lowest BCUT2D eigenvalue weighted by Gasteiger charge is -2.22. The second kappa shape index (κ2) is 8.40. The van der Waals surface area contributed by atoms with E-state index in [2.05, 4.69) is 45.7 Å². The van der Waals surface area contributed by atoms with Gasteiger partial charge in [0.2, 0.25) is 5.78 Å². The fourth-order valence-electron chi connectivity index (χ4n) is 4.55.